The lowest BCUT2D eigenvalue weighted by Crippen LogP contribution is -2.37. The van der Waals surface area contributed by atoms with Crippen LogP contribution >= 0.6 is 11.6 Å². The standard InChI is InChI=1S/C19H23ClN6O/c20-16-4-2-15(3-5-16)13-26-19-17(12-24-26)18(22-14-23-19)21-6-1-7-25-8-10-27-11-9-25/h2-5,12,14H,1,6-11,13H2,(H,21,22,23). The second-order valence-corrected chi connectivity index (χ2v) is 7.06. The molecule has 0 bridgehead atoms. The van der Waals surface area contributed by atoms with Crippen LogP contribution in [0, 0.1) is 0 Å². The van der Waals surface area contributed by atoms with E-state index in [-0.39, 0.29) is 0 Å². The molecule has 1 N–H and O–H groups in total. The summed E-state index contributed by atoms with van der Waals surface area (Å²) in [5, 5.41) is 9.60. The van der Waals surface area contributed by atoms with Gasteiger partial charge in [-0.2, -0.15) is 5.10 Å². The van der Waals surface area contributed by atoms with Gasteiger partial charge in [-0.15, -0.1) is 0 Å². The summed E-state index contributed by atoms with van der Waals surface area (Å²) in [6, 6.07) is 7.78. The van der Waals surface area contributed by atoms with Crippen molar-refractivity contribution in [1.29, 1.82) is 0 Å². The van der Waals surface area contributed by atoms with E-state index in [9.17, 15) is 0 Å². The number of anilines is 1. The first-order valence-corrected chi connectivity index (χ1v) is 9.62. The van der Waals surface area contributed by atoms with Crippen LogP contribution in [-0.2, 0) is 11.3 Å². The minimum absolute atomic E-state index is 0.647. The molecule has 0 aliphatic carbocycles. The molecule has 0 saturated carbocycles. The monoisotopic (exact) mass is 386 g/mol. The van der Waals surface area contributed by atoms with Crippen molar-refractivity contribution in [2.45, 2.75) is 13.0 Å². The quantitative estimate of drug-likeness (QED) is 0.629. The highest BCUT2D eigenvalue weighted by Crippen LogP contribution is 2.20. The normalized spacial score (nSPS) is 15.3. The first kappa shape index (κ1) is 18.2. The van der Waals surface area contributed by atoms with Crippen LogP contribution in [0.3, 0.4) is 0 Å². The zero-order valence-corrected chi connectivity index (χ0v) is 15.9. The van der Waals surface area contributed by atoms with E-state index in [0.717, 1.165) is 73.3 Å². The maximum atomic E-state index is 5.96. The van der Waals surface area contributed by atoms with Gasteiger partial charge in [0.25, 0.3) is 0 Å². The maximum absolute atomic E-state index is 5.96. The molecule has 0 radical (unpaired) electrons. The number of benzene rings is 1. The van der Waals surface area contributed by atoms with Crippen molar-refractivity contribution in [3.05, 3.63) is 47.4 Å². The molecule has 4 rings (SSSR count). The lowest BCUT2D eigenvalue weighted by Gasteiger charge is -2.26. The predicted octanol–water partition coefficient (Wildman–Crippen LogP) is 2.66. The SMILES string of the molecule is Clc1ccc(Cn2ncc3c(NCCCN4CCOCC4)ncnc32)cc1. The van der Waals surface area contributed by atoms with Gasteiger partial charge < -0.3 is 10.1 Å². The number of aromatic nitrogens is 4. The molecule has 0 atom stereocenters. The highest BCUT2D eigenvalue weighted by molar-refractivity contribution is 6.30. The third kappa shape index (κ3) is 4.55. The molecule has 1 aliphatic rings. The van der Waals surface area contributed by atoms with E-state index in [1.165, 1.54) is 0 Å². The van der Waals surface area contributed by atoms with Crippen LogP contribution < -0.4 is 5.32 Å². The Morgan fingerprint density at radius 2 is 1.93 bits per heavy atom. The minimum atomic E-state index is 0.647. The van der Waals surface area contributed by atoms with E-state index in [1.54, 1.807) is 6.33 Å². The van der Waals surface area contributed by atoms with E-state index in [0.29, 0.717) is 6.54 Å². The molecule has 3 heterocycles. The van der Waals surface area contributed by atoms with Crippen LogP contribution in [0.4, 0.5) is 5.82 Å². The van der Waals surface area contributed by atoms with Crippen LogP contribution in [0.2, 0.25) is 5.02 Å². The third-order valence-corrected chi connectivity index (χ3v) is 4.98. The number of rotatable bonds is 7. The van der Waals surface area contributed by atoms with Gasteiger partial charge in [-0.25, -0.2) is 14.6 Å². The van der Waals surface area contributed by atoms with E-state index in [2.05, 4.69) is 25.3 Å². The topological polar surface area (TPSA) is 68.1 Å². The molecule has 1 saturated heterocycles. The van der Waals surface area contributed by atoms with Gasteiger partial charge in [0.15, 0.2) is 5.65 Å². The zero-order valence-electron chi connectivity index (χ0n) is 15.1. The van der Waals surface area contributed by atoms with Crippen LogP contribution in [0.15, 0.2) is 36.8 Å². The minimum Gasteiger partial charge on any atom is -0.379 e. The Morgan fingerprint density at radius 3 is 2.74 bits per heavy atom. The lowest BCUT2D eigenvalue weighted by molar-refractivity contribution is 0.0378. The Morgan fingerprint density at radius 1 is 1.11 bits per heavy atom. The lowest BCUT2D eigenvalue weighted by atomic mass is 10.2. The molecule has 0 spiro atoms. The molecule has 2 aromatic heterocycles. The van der Waals surface area contributed by atoms with Gasteiger partial charge in [-0.05, 0) is 30.7 Å². The first-order chi connectivity index (χ1) is 13.3. The first-order valence-electron chi connectivity index (χ1n) is 9.24. The fourth-order valence-corrected chi connectivity index (χ4v) is 3.37. The molecule has 0 amide bonds. The molecule has 0 unspecified atom stereocenters. The molecule has 27 heavy (non-hydrogen) atoms. The van der Waals surface area contributed by atoms with Crippen LogP contribution in [0.25, 0.3) is 11.0 Å². The number of hydrogen-bond donors (Lipinski definition) is 1. The second kappa shape index (κ2) is 8.65. The van der Waals surface area contributed by atoms with Crippen LogP contribution in [-0.4, -0.2) is 64.0 Å². The van der Waals surface area contributed by atoms with Gasteiger partial charge in [0.1, 0.15) is 12.1 Å². The highest BCUT2D eigenvalue weighted by Gasteiger charge is 2.11. The zero-order chi connectivity index (χ0) is 18.5. The Kier molecular flexibility index (Phi) is 5.81. The molecule has 142 valence electrons. The number of ether oxygens (including phenoxy) is 1. The maximum Gasteiger partial charge on any atom is 0.163 e. The van der Waals surface area contributed by atoms with E-state index < -0.39 is 0 Å². The highest BCUT2D eigenvalue weighted by atomic mass is 35.5. The molecule has 1 aromatic carbocycles. The largest absolute Gasteiger partial charge is 0.379 e. The molecule has 8 heteroatoms. The van der Waals surface area contributed by atoms with Gasteiger partial charge in [0.05, 0.1) is 31.3 Å². The molecular weight excluding hydrogens is 364 g/mol. The summed E-state index contributed by atoms with van der Waals surface area (Å²) in [7, 11) is 0. The van der Waals surface area contributed by atoms with Crippen molar-refractivity contribution >= 4 is 28.5 Å². The summed E-state index contributed by atoms with van der Waals surface area (Å²) in [6.45, 7) is 6.31. The molecule has 1 fully saturated rings. The van der Waals surface area contributed by atoms with Crippen molar-refractivity contribution in [2.24, 2.45) is 0 Å². The number of halogens is 1. The Labute approximate surface area is 163 Å². The van der Waals surface area contributed by atoms with Crippen LogP contribution in [0.5, 0.6) is 0 Å². The number of nitrogens with one attached hydrogen (secondary N) is 1. The van der Waals surface area contributed by atoms with Gasteiger partial charge in [-0.1, -0.05) is 23.7 Å². The van der Waals surface area contributed by atoms with Gasteiger partial charge in [0, 0.05) is 24.7 Å². The summed E-state index contributed by atoms with van der Waals surface area (Å²) in [5.74, 6) is 0.837. The summed E-state index contributed by atoms with van der Waals surface area (Å²) < 4.78 is 7.27. The molecule has 3 aromatic rings. The summed E-state index contributed by atoms with van der Waals surface area (Å²) in [4.78, 5) is 11.3. The average molecular weight is 387 g/mol. The van der Waals surface area contributed by atoms with Crippen molar-refractivity contribution in [2.75, 3.05) is 44.7 Å². The van der Waals surface area contributed by atoms with Gasteiger partial charge in [-0.3, -0.25) is 4.90 Å². The fourth-order valence-electron chi connectivity index (χ4n) is 3.25. The number of hydrogen-bond acceptors (Lipinski definition) is 6. The van der Waals surface area contributed by atoms with Crippen LogP contribution in [0.1, 0.15) is 12.0 Å². The summed E-state index contributed by atoms with van der Waals surface area (Å²) >= 11 is 5.96. The molecule has 7 nitrogen and oxygen atoms in total. The van der Waals surface area contributed by atoms with Crippen molar-refractivity contribution in [3.63, 3.8) is 0 Å². The van der Waals surface area contributed by atoms with Gasteiger partial charge in [0.2, 0.25) is 0 Å². The van der Waals surface area contributed by atoms with E-state index >= 15 is 0 Å². The smallest absolute Gasteiger partial charge is 0.163 e. The fraction of sp³-hybridized carbons (Fsp3) is 0.421. The van der Waals surface area contributed by atoms with Gasteiger partial charge >= 0.3 is 0 Å². The number of nitrogens with zero attached hydrogens (tertiary/aromatic N) is 5. The Hall–Kier alpha value is -2.22. The predicted molar refractivity (Wildman–Crippen MR) is 106 cm³/mol. The Bertz CT molecular complexity index is 876. The second-order valence-electron chi connectivity index (χ2n) is 6.62. The van der Waals surface area contributed by atoms with E-state index in [4.69, 9.17) is 16.3 Å². The summed E-state index contributed by atoms with van der Waals surface area (Å²) in [6.07, 6.45) is 4.48. The van der Waals surface area contributed by atoms with E-state index in [1.807, 2.05) is 35.1 Å². The van der Waals surface area contributed by atoms with Crippen molar-refractivity contribution < 1.29 is 4.74 Å². The Balaban J connectivity index is 1.38. The third-order valence-electron chi connectivity index (χ3n) is 4.73. The molecule has 1 aliphatic heterocycles. The van der Waals surface area contributed by atoms with Crippen molar-refractivity contribution in [3.8, 4) is 0 Å². The van der Waals surface area contributed by atoms with Crippen molar-refractivity contribution in [1.82, 2.24) is 24.6 Å². The number of morpholine rings is 1. The summed E-state index contributed by atoms with van der Waals surface area (Å²) in [5.41, 5.74) is 1.96. The average Bonchev–Trinajstić information content (AvgIpc) is 3.11. The molecular formula is C19H23ClN6O. The number of fused-ring (bicyclic) bond motifs is 1.